The van der Waals surface area contributed by atoms with Gasteiger partial charge in [-0.25, -0.2) is 9.59 Å². The van der Waals surface area contributed by atoms with Crippen LogP contribution in [-0.2, 0) is 11.2 Å². The number of nitrogens with zero attached hydrogens (tertiary/aromatic N) is 1. The number of rotatable bonds is 3. The second-order valence-electron chi connectivity index (χ2n) is 4.08. The maximum absolute atomic E-state index is 12.0. The molecule has 0 saturated heterocycles. The van der Waals surface area contributed by atoms with E-state index in [2.05, 4.69) is 5.32 Å². The summed E-state index contributed by atoms with van der Waals surface area (Å²) in [6.45, 7) is 0.642. The molecule has 6 nitrogen and oxygen atoms in total. The number of carbonyl (C=O) groups excluding carboxylic acids is 1. The standard InChI is InChI=1S/C12H15N3O3/c13-5-6-14-12(18)15-9-4-2-1-3-8(9)7-10(15)11(16)17/h1-4,10H,5-7,13H2,(H,14,18)(H,16,17)/t10-/m0/s1. The van der Waals surface area contributed by atoms with Crippen LogP contribution in [0.3, 0.4) is 0 Å². The Morgan fingerprint density at radius 2 is 2.17 bits per heavy atom. The van der Waals surface area contributed by atoms with Crippen LogP contribution in [0.25, 0.3) is 0 Å². The third kappa shape index (κ3) is 2.14. The predicted molar refractivity (Wildman–Crippen MR) is 66.5 cm³/mol. The van der Waals surface area contributed by atoms with Gasteiger partial charge in [-0.1, -0.05) is 18.2 Å². The van der Waals surface area contributed by atoms with Crippen LogP contribution in [-0.4, -0.2) is 36.2 Å². The molecule has 0 fully saturated rings. The number of hydrogen-bond donors (Lipinski definition) is 3. The fourth-order valence-electron chi connectivity index (χ4n) is 2.10. The van der Waals surface area contributed by atoms with Crippen molar-refractivity contribution < 1.29 is 14.7 Å². The monoisotopic (exact) mass is 249 g/mol. The number of carboxylic acids is 1. The van der Waals surface area contributed by atoms with E-state index in [1.807, 2.05) is 12.1 Å². The molecule has 0 saturated carbocycles. The predicted octanol–water partition coefficient (Wildman–Crippen LogP) is 0.171. The summed E-state index contributed by atoms with van der Waals surface area (Å²) in [6.07, 6.45) is 0.335. The van der Waals surface area contributed by atoms with E-state index in [1.54, 1.807) is 12.1 Å². The lowest BCUT2D eigenvalue weighted by Gasteiger charge is -2.22. The molecule has 0 aliphatic carbocycles. The zero-order chi connectivity index (χ0) is 13.1. The largest absolute Gasteiger partial charge is 0.480 e. The highest BCUT2D eigenvalue weighted by molar-refractivity contribution is 6.01. The quantitative estimate of drug-likeness (QED) is 0.711. The van der Waals surface area contributed by atoms with Gasteiger partial charge in [-0.3, -0.25) is 4.90 Å². The minimum Gasteiger partial charge on any atom is -0.480 e. The second kappa shape index (κ2) is 5.05. The normalized spacial score (nSPS) is 17.4. The van der Waals surface area contributed by atoms with Crippen LogP contribution in [0.5, 0.6) is 0 Å². The fourth-order valence-corrected chi connectivity index (χ4v) is 2.10. The third-order valence-electron chi connectivity index (χ3n) is 2.90. The summed E-state index contributed by atoms with van der Waals surface area (Å²) < 4.78 is 0. The van der Waals surface area contributed by atoms with Gasteiger partial charge < -0.3 is 16.2 Å². The molecule has 18 heavy (non-hydrogen) atoms. The first-order valence-corrected chi connectivity index (χ1v) is 5.73. The average Bonchev–Trinajstić information content (AvgIpc) is 2.75. The first-order chi connectivity index (χ1) is 8.65. The minimum absolute atomic E-state index is 0.318. The van der Waals surface area contributed by atoms with Gasteiger partial charge in [0.25, 0.3) is 0 Å². The Morgan fingerprint density at radius 3 is 2.83 bits per heavy atom. The van der Waals surface area contributed by atoms with Crippen molar-refractivity contribution in [1.29, 1.82) is 0 Å². The number of hydrogen-bond acceptors (Lipinski definition) is 3. The van der Waals surface area contributed by atoms with E-state index in [0.29, 0.717) is 25.2 Å². The van der Waals surface area contributed by atoms with Gasteiger partial charge in [0.05, 0.1) is 0 Å². The molecule has 0 radical (unpaired) electrons. The molecule has 4 N–H and O–H groups in total. The number of fused-ring (bicyclic) bond motifs is 1. The fraction of sp³-hybridized carbons (Fsp3) is 0.333. The Hall–Kier alpha value is -2.08. The highest BCUT2D eigenvalue weighted by Gasteiger charge is 2.37. The Balaban J connectivity index is 2.28. The Labute approximate surface area is 104 Å². The highest BCUT2D eigenvalue weighted by atomic mass is 16.4. The number of anilines is 1. The van der Waals surface area contributed by atoms with Gasteiger partial charge in [0, 0.05) is 25.2 Å². The summed E-state index contributed by atoms with van der Waals surface area (Å²) in [4.78, 5) is 24.5. The van der Waals surface area contributed by atoms with Crippen LogP contribution in [0.15, 0.2) is 24.3 Å². The third-order valence-corrected chi connectivity index (χ3v) is 2.90. The van der Waals surface area contributed by atoms with Crippen molar-refractivity contribution in [3.63, 3.8) is 0 Å². The van der Waals surface area contributed by atoms with Gasteiger partial charge >= 0.3 is 12.0 Å². The number of carboxylic acid groups (broad SMARTS) is 1. The summed E-state index contributed by atoms with van der Waals surface area (Å²) in [5.41, 5.74) is 6.84. The zero-order valence-corrected chi connectivity index (χ0v) is 9.80. The van der Waals surface area contributed by atoms with Crippen LogP contribution in [0.4, 0.5) is 10.5 Å². The van der Waals surface area contributed by atoms with Gasteiger partial charge in [-0.15, -0.1) is 0 Å². The van der Waals surface area contributed by atoms with Crippen LogP contribution < -0.4 is 16.0 Å². The van der Waals surface area contributed by atoms with Crippen LogP contribution in [0.2, 0.25) is 0 Å². The number of nitrogens with one attached hydrogen (secondary N) is 1. The van der Waals surface area contributed by atoms with Crippen molar-refractivity contribution in [2.45, 2.75) is 12.5 Å². The molecule has 1 aliphatic heterocycles. The molecular formula is C12H15N3O3. The summed E-state index contributed by atoms with van der Waals surface area (Å²) in [5, 5.41) is 11.8. The molecule has 1 aliphatic rings. The van der Waals surface area contributed by atoms with Crippen molar-refractivity contribution in [1.82, 2.24) is 5.32 Å². The summed E-state index contributed by atoms with van der Waals surface area (Å²) in [7, 11) is 0. The van der Waals surface area contributed by atoms with Gasteiger partial charge in [0.2, 0.25) is 0 Å². The lowest BCUT2D eigenvalue weighted by Crippen LogP contribution is -2.48. The molecule has 1 aromatic carbocycles. The summed E-state index contributed by atoms with van der Waals surface area (Å²) >= 11 is 0. The van der Waals surface area contributed by atoms with Crippen LogP contribution in [0.1, 0.15) is 5.56 Å². The summed E-state index contributed by atoms with van der Waals surface area (Å²) in [5.74, 6) is -1.01. The van der Waals surface area contributed by atoms with E-state index in [9.17, 15) is 14.7 Å². The van der Waals surface area contributed by atoms with Crippen LogP contribution >= 0.6 is 0 Å². The maximum atomic E-state index is 12.0. The zero-order valence-electron chi connectivity index (χ0n) is 9.80. The van der Waals surface area contributed by atoms with Crippen molar-refractivity contribution in [2.24, 2.45) is 5.73 Å². The lowest BCUT2D eigenvalue weighted by molar-refractivity contribution is -0.138. The molecule has 0 unspecified atom stereocenters. The van der Waals surface area contributed by atoms with Gasteiger partial charge in [0.15, 0.2) is 0 Å². The number of para-hydroxylation sites is 1. The molecule has 0 bridgehead atoms. The molecule has 0 spiro atoms. The topological polar surface area (TPSA) is 95.7 Å². The molecule has 6 heteroatoms. The number of nitrogens with two attached hydrogens (primary N) is 1. The summed E-state index contributed by atoms with van der Waals surface area (Å²) in [6, 6.07) is 5.94. The molecule has 96 valence electrons. The van der Waals surface area contributed by atoms with Crippen molar-refractivity contribution in [2.75, 3.05) is 18.0 Å². The maximum Gasteiger partial charge on any atom is 0.327 e. The number of carbonyl (C=O) groups is 2. The SMILES string of the molecule is NCCNC(=O)N1c2ccccc2C[C@H]1C(=O)O. The smallest absolute Gasteiger partial charge is 0.327 e. The van der Waals surface area contributed by atoms with Crippen molar-refractivity contribution >= 4 is 17.7 Å². The van der Waals surface area contributed by atoms with E-state index < -0.39 is 18.0 Å². The minimum atomic E-state index is -1.01. The number of amides is 2. The molecule has 1 heterocycles. The Morgan fingerprint density at radius 1 is 1.44 bits per heavy atom. The molecule has 2 rings (SSSR count). The molecule has 1 aromatic rings. The van der Waals surface area contributed by atoms with Crippen LogP contribution in [0, 0.1) is 0 Å². The van der Waals surface area contributed by atoms with Gasteiger partial charge in [0.1, 0.15) is 6.04 Å². The molecule has 0 aromatic heterocycles. The second-order valence-corrected chi connectivity index (χ2v) is 4.08. The van der Waals surface area contributed by atoms with E-state index >= 15 is 0 Å². The van der Waals surface area contributed by atoms with Gasteiger partial charge in [-0.05, 0) is 11.6 Å². The number of aliphatic carboxylic acids is 1. The average molecular weight is 249 g/mol. The number of benzene rings is 1. The lowest BCUT2D eigenvalue weighted by atomic mass is 10.1. The first-order valence-electron chi connectivity index (χ1n) is 5.73. The Bertz CT molecular complexity index is 475. The van der Waals surface area contributed by atoms with Gasteiger partial charge in [-0.2, -0.15) is 0 Å². The highest BCUT2D eigenvalue weighted by Crippen LogP contribution is 2.31. The van der Waals surface area contributed by atoms with Crippen molar-refractivity contribution in [3.05, 3.63) is 29.8 Å². The number of urea groups is 1. The van der Waals surface area contributed by atoms with E-state index in [4.69, 9.17) is 5.73 Å². The Kier molecular flexibility index (Phi) is 3.47. The van der Waals surface area contributed by atoms with Crippen molar-refractivity contribution in [3.8, 4) is 0 Å². The van der Waals surface area contributed by atoms with E-state index in [-0.39, 0.29) is 0 Å². The first kappa shape index (κ1) is 12.4. The molecule has 1 atom stereocenters. The van der Waals surface area contributed by atoms with E-state index in [1.165, 1.54) is 4.90 Å². The molecular weight excluding hydrogens is 234 g/mol. The molecule has 2 amide bonds. The van der Waals surface area contributed by atoms with E-state index in [0.717, 1.165) is 5.56 Å².